The zero-order valence-corrected chi connectivity index (χ0v) is 28.9. The lowest BCUT2D eigenvalue weighted by atomic mass is 9.66. The molecule has 0 aromatic heterocycles. The van der Waals surface area contributed by atoms with Crippen molar-refractivity contribution in [1.29, 1.82) is 0 Å². The van der Waals surface area contributed by atoms with Crippen LogP contribution in [0.4, 0.5) is 17.1 Å². The van der Waals surface area contributed by atoms with Crippen LogP contribution in [0.15, 0.2) is 78.9 Å². The van der Waals surface area contributed by atoms with Crippen LogP contribution in [0.2, 0.25) is 0 Å². The Bertz CT molecular complexity index is 1600. The SMILES string of the molecule is CCOc1ccc(NC(=O)[C@@H]2[C@H]3C(=O)N([C@@H](CO)Cc4ccccc4)C(C(=O)Nc4ccc(N(CC)CC)cc4)C34S[C@@H]2CC4C)cc1. The molecule has 2 bridgehead atoms. The predicted octanol–water partition coefficient (Wildman–Crippen LogP) is 5.45. The van der Waals surface area contributed by atoms with Crippen LogP contribution in [0, 0.1) is 17.8 Å². The van der Waals surface area contributed by atoms with Gasteiger partial charge in [0.15, 0.2) is 0 Å². The van der Waals surface area contributed by atoms with Crippen LogP contribution in [0.1, 0.15) is 39.7 Å². The Morgan fingerprint density at radius 3 is 2.19 bits per heavy atom. The van der Waals surface area contributed by atoms with E-state index in [9.17, 15) is 19.5 Å². The minimum Gasteiger partial charge on any atom is -0.494 e. The monoisotopic (exact) mass is 670 g/mol. The molecular formula is C38H46N4O5S. The van der Waals surface area contributed by atoms with E-state index in [1.54, 1.807) is 28.8 Å². The van der Waals surface area contributed by atoms with Gasteiger partial charge in [-0.05, 0) is 93.6 Å². The summed E-state index contributed by atoms with van der Waals surface area (Å²) >= 11 is 1.62. The zero-order valence-electron chi connectivity index (χ0n) is 28.1. The van der Waals surface area contributed by atoms with E-state index in [0.29, 0.717) is 36.6 Å². The first-order valence-electron chi connectivity index (χ1n) is 17.1. The highest BCUT2D eigenvalue weighted by Crippen LogP contribution is 2.69. The molecule has 3 amide bonds. The van der Waals surface area contributed by atoms with Gasteiger partial charge < -0.3 is 30.3 Å². The standard InChI is InChI=1S/C38H46N4O5S/c1-5-41(6-2)28-17-13-26(14-18-28)40-36(45)34-38-24(4)21-31(48-38)32(35(44)39-27-15-19-30(20-16-27)47-7-3)33(38)37(46)42(34)29(23-43)22-25-11-9-8-10-12-25/h8-20,24,29,31-34,43H,5-7,21-23H2,1-4H3,(H,39,44)(H,40,45)/t24?,29-,31-,32+,33+,34?,38?/m1/s1. The van der Waals surface area contributed by atoms with Gasteiger partial charge in [-0.15, -0.1) is 11.8 Å². The summed E-state index contributed by atoms with van der Waals surface area (Å²) in [6, 6.07) is 23.2. The number of carbonyl (C=O) groups excluding carboxylic acids is 3. The second-order valence-electron chi connectivity index (χ2n) is 13.0. The smallest absolute Gasteiger partial charge is 0.248 e. The maximum atomic E-state index is 14.8. The van der Waals surface area contributed by atoms with Crippen LogP contribution in [-0.4, -0.2) is 76.1 Å². The first-order valence-corrected chi connectivity index (χ1v) is 18.0. The maximum absolute atomic E-state index is 14.8. The lowest BCUT2D eigenvalue weighted by molar-refractivity contribution is -0.141. The molecule has 0 saturated carbocycles. The summed E-state index contributed by atoms with van der Waals surface area (Å²) in [5.41, 5.74) is 3.29. The highest BCUT2D eigenvalue weighted by molar-refractivity contribution is 8.02. The molecular weight excluding hydrogens is 625 g/mol. The van der Waals surface area contributed by atoms with Crippen molar-refractivity contribution in [3.8, 4) is 5.75 Å². The number of nitrogens with one attached hydrogen (secondary N) is 2. The molecule has 0 aliphatic carbocycles. The fourth-order valence-corrected chi connectivity index (χ4v) is 10.6. The Balaban J connectivity index is 1.34. The molecule has 0 radical (unpaired) electrons. The minimum absolute atomic E-state index is 0.00200. The molecule has 7 atom stereocenters. The van der Waals surface area contributed by atoms with E-state index in [1.807, 2.05) is 73.7 Å². The second-order valence-corrected chi connectivity index (χ2v) is 14.5. The molecule has 254 valence electrons. The number of hydrogen-bond acceptors (Lipinski definition) is 7. The normalized spacial score (nSPS) is 26.2. The molecule has 48 heavy (non-hydrogen) atoms. The van der Waals surface area contributed by atoms with Crippen molar-refractivity contribution in [3.05, 3.63) is 84.4 Å². The number of benzene rings is 3. The third-order valence-electron chi connectivity index (χ3n) is 10.3. The van der Waals surface area contributed by atoms with Gasteiger partial charge in [-0.1, -0.05) is 37.3 Å². The van der Waals surface area contributed by atoms with Crippen molar-refractivity contribution in [2.45, 2.75) is 62.6 Å². The van der Waals surface area contributed by atoms with E-state index in [0.717, 1.165) is 24.3 Å². The average molecular weight is 671 g/mol. The van der Waals surface area contributed by atoms with Crippen molar-refractivity contribution in [3.63, 3.8) is 0 Å². The maximum Gasteiger partial charge on any atom is 0.248 e. The Labute approximate surface area is 287 Å². The van der Waals surface area contributed by atoms with Gasteiger partial charge in [0, 0.05) is 35.4 Å². The van der Waals surface area contributed by atoms with Gasteiger partial charge in [0.1, 0.15) is 11.8 Å². The first kappa shape index (κ1) is 33.9. The van der Waals surface area contributed by atoms with Gasteiger partial charge in [0.2, 0.25) is 17.7 Å². The van der Waals surface area contributed by atoms with Crippen LogP contribution in [0.25, 0.3) is 0 Å². The molecule has 10 heteroatoms. The van der Waals surface area contributed by atoms with Crippen molar-refractivity contribution in [2.24, 2.45) is 17.8 Å². The Morgan fingerprint density at radius 2 is 1.58 bits per heavy atom. The topological polar surface area (TPSA) is 111 Å². The van der Waals surface area contributed by atoms with E-state index in [4.69, 9.17) is 4.74 Å². The summed E-state index contributed by atoms with van der Waals surface area (Å²) in [6.45, 7) is 10.2. The molecule has 3 aromatic rings. The van der Waals surface area contributed by atoms with Crippen LogP contribution >= 0.6 is 11.8 Å². The first-order chi connectivity index (χ1) is 23.2. The van der Waals surface area contributed by atoms with Gasteiger partial charge in [-0.2, -0.15) is 0 Å². The molecule has 3 N–H and O–H groups in total. The summed E-state index contributed by atoms with van der Waals surface area (Å²) in [6.07, 6.45) is 1.11. The molecule has 9 nitrogen and oxygen atoms in total. The van der Waals surface area contributed by atoms with Crippen LogP contribution in [0.3, 0.4) is 0 Å². The number of ether oxygens (including phenoxy) is 1. The largest absolute Gasteiger partial charge is 0.494 e. The van der Waals surface area contributed by atoms with E-state index >= 15 is 0 Å². The third kappa shape index (κ3) is 6.05. The molecule has 3 fully saturated rings. The summed E-state index contributed by atoms with van der Waals surface area (Å²) in [5, 5.41) is 16.9. The molecule has 6 rings (SSSR count). The number of nitrogens with zero attached hydrogens (tertiary/aromatic N) is 2. The number of aliphatic hydroxyl groups is 1. The number of thioether (sulfide) groups is 1. The zero-order chi connectivity index (χ0) is 34.0. The molecule has 3 saturated heterocycles. The Kier molecular flexibility index (Phi) is 10.0. The summed E-state index contributed by atoms with van der Waals surface area (Å²) in [7, 11) is 0. The molecule has 3 heterocycles. The molecule has 3 unspecified atom stereocenters. The van der Waals surface area contributed by atoms with Gasteiger partial charge in [-0.3, -0.25) is 14.4 Å². The number of aliphatic hydroxyl groups excluding tert-OH is 1. The number of fused-ring (bicyclic) bond motifs is 1. The second kappa shape index (κ2) is 14.2. The number of carbonyl (C=O) groups is 3. The van der Waals surface area contributed by atoms with Crippen molar-refractivity contribution in [2.75, 3.05) is 41.8 Å². The molecule has 3 aliphatic heterocycles. The van der Waals surface area contributed by atoms with Crippen LogP contribution < -0.4 is 20.3 Å². The Morgan fingerprint density at radius 1 is 0.958 bits per heavy atom. The fraction of sp³-hybridized carbons (Fsp3) is 0.447. The molecule has 1 spiro atoms. The summed E-state index contributed by atoms with van der Waals surface area (Å²) in [5.74, 6) is -1.36. The van der Waals surface area contributed by atoms with Crippen LogP contribution in [-0.2, 0) is 20.8 Å². The lowest BCUT2D eigenvalue weighted by Gasteiger charge is -2.40. The number of anilines is 3. The predicted molar refractivity (Wildman–Crippen MR) is 191 cm³/mol. The van der Waals surface area contributed by atoms with Gasteiger partial charge in [0.05, 0.1) is 35.8 Å². The third-order valence-corrected chi connectivity index (χ3v) is 12.4. The van der Waals surface area contributed by atoms with Crippen molar-refractivity contribution in [1.82, 2.24) is 4.90 Å². The summed E-state index contributed by atoms with van der Waals surface area (Å²) < 4.78 is 4.73. The Hall–Kier alpha value is -4.02. The summed E-state index contributed by atoms with van der Waals surface area (Å²) in [4.78, 5) is 47.3. The highest BCUT2D eigenvalue weighted by Gasteiger charge is 2.76. The average Bonchev–Trinajstić information content (AvgIpc) is 3.70. The van der Waals surface area contributed by atoms with Gasteiger partial charge >= 0.3 is 0 Å². The van der Waals surface area contributed by atoms with Crippen molar-refractivity contribution < 1.29 is 24.2 Å². The van der Waals surface area contributed by atoms with E-state index in [1.165, 1.54) is 0 Å². The van der Waals surface area contributed by atoms with Crippen molar-refractivity contribution >= 4 is 46.5 Å². The van der Waals surface area contributed by atoms with E-state index < -0.39 is 28.7 Å². The fourth-order valence-electron chi connectivity index (χ4n) is 8.17. The lowest BCUT2D eigenvalue weighted by Crippen LogP contribution is -2.57. The van der Waals surface area contributed by atoms with Gasteiger partial charge in [0.25, 0.3) is 0 Å². The molecule has 3 aliphatic rings. The number of amides is 3. The van der Waals surface area contributed by atoms with Gasteiger partial charge in [-0.25, -0.2) is 0 Å². The van der Waals surface area contributed by atoms with E-state index in [-0.39, 0.29) is 35.5 Å². The number of rotatable bonds is 13. The van der Waals surface area contributed by atoms with Crippen LogP contribution in [0.5, 0.6) is 5.75 Å². The molecule has 3 aromatic carbocycles. The number of hydrogen-bond donors (Lipinski definition) is 3. The quantitative estimate of drug-likeness (QED) is 0.222. The minimum atomic E-state index is -0.869. The van der Waals surface area contributed by atoms with E-state index in [2.05, 4.69) is 36.3 Å². The highest BCUT2D eigenvalue weighted by atomic mass is 32.2. The number of likely N-dealkylation sites (tertiary alicyclic amines) is 1.